The average molecular weight is 460 g/mol. The molecule has 3 rings (SSSR count). The van der Waals surface area contributed by atoms with Crippen LogP contribution in [0.4, 0.5) is 0 Å². The fourth-order valence-electron chi connectivity index (χ4n) is 4.10. The number of hydrogen-bond acceptors (Lipinski definition) is 4. The van der Waals surface area contributed by atoms with Crippen LogP contribution in [0.25, 0.3) is 0 Å². The molecule has 0 unspecified atom stereocenters. The van der Waals surface area contributed by atoms with Gasteiger partial charge in [-0.15, -0.1) is 0 Å². The number of hydrogen-bond donors (Lipinski definition) is 0. The second-order valence-electron chi connectivity index (χ2n) is 9.52. The Kier molecular flexibility index (Phi) is 8.01. The average Bonchev–Trinajstić information content (AvgIpc) is 2.74. The molecule has 0 bridgehead atoms. The van der Waals surface area contributed by atoms with Crippen molar-refractivity contribution >= 4 is 10.0 Å². The van der Waals surface area contributed by atoms with Crippen molar-refractivity contribution in [2.75, 3.05) is 19.7 Å². The van der Waals surface area contributed by atoms with Crippen LogP contribution < -0.4 is 4.74 Å². The maximum atomic E-state index is 12.9. The summed E-state index contributed by atoms with van der Waals surface area (Å²) in [6, 6.07) is 13.3. The lowest BCUT2D eigenvalue weighted by atomic mass is 10.0. The summed E-state index contributed by atoms with van der Waals surface area (Å²) in [7, 11) is -3.44. The lowest BCUT2D eigenvalue weighted by Crippen LogP contribution is -2.43. The number of piperidine rings is 1. The number of aryl methyl sites for hydroxylation is 3. The van der Waals surface area contributed by atoms with Crippen molar-refractivity contribution in [3.8, 4) is 5.75 Å². The highest BCUT2D eigenvalue weighted by Gasteiger charge is 2.32. The Hall–Kier alpha value is -1.89. The first-order valence-corrected chi connectivity index (χ1v) is 13.0. The highest BCUT2D eigenvalue weighted by Crippen LogP contribution is 2.27. The van der Waals surface area contributed by atoms with Gasteiger partial charge < -0.3 is 9.47 Å². The van der Waals surface area contributed by atoms with Crippen LogP contribution in [-0.2, 0) is 14.8 Å². The molecule has 1 saturated heterocycles. The topological polar surface area (TPSA) is 55.8 Å². The molecule has 0 spiro atoms. The van der Waals surface area contributed by atoms with Crippen LogP contribution >= 0.6 is 0 Å². The van der Waals surface area contributed by atoms with Crippen molar-refractivity contribution in [3.63, 3.8) is 0 Å². The van der Waals surface area contributed by atoms with Crippen LogP contribution in [0.3, 0.4) is 0 Å². The van der Waals surface area contributed by atoms with Crippen LogP contribution in [-0.4, -0.2) is 44.1 Å². The molecule has 2 aromatic rings. The predicted octanol–water partition coefficient (Wildman–Crippen LogP) is 5.42. The maximum Gasteiger partial charge on any atom is 0.243 e. The highest BCUT2D eigenvalue weighted by atomic mass is 32.2. The maximum absolute atomic E-state index is 12.9. The molecule has 0 saturated carbocycles. The lowest BCUT2D eigenvalue weighted by molar-refractivity contribution is -0.0924. The molecule has 6 heteroatoms. The number of ether oxygens (including phenoxy) is 2. The van der Waals surface area contributed by atoms with Gasteiger partial charge in [0.1, 0.15) is 5.75 Å². The van der Waals surface area contributed by atoms with E-state index in [4.69, 9.17) is 9.47 Å². The Labute approximate surface area is 193 Å². The Morgan fingerprint density at radius 3 is 2.25 bits per heavy atom. The zero-order chi connectivity index (χ0) is 23.4. The quantitative estimate of drug-likeness (QED) is 0.470. The van der Waals surface area contributed by atoms with Gasteiger partial charge in [-0.3, -0.25) is 0 Å². The molecule has 1 aliphatic rings. The van der Waals surface area contributed by atoms with Crippen molar-refractivity contribution in [3.05, 3.63) is 59.2 Å². The Morgan fingerprint density at radius 2 is 1.59 bits per heavy atom. The van der Waals surface area contributed by atoms with Gasteiger partial charge in [0.2, 0.25) is 10.0 Å². The molecule has 1 aliphatic heterocycles. The highest BCUT2D eigenvalue weighted by molar-refractivity contribution is 7.89. The van der Waals surface area contributed by atoms with E-state index >= 15 is 0 Å². The molecule has 0 aliphatic carbocycles. The van der Waals surface area contributed by atoms with Gasteiger partial charge in [-0.2, -0.15) is 4.31 Å². The third-order valence-corrected chi connectivity index (χ3v) is 7.98. The van der Waals surface area contributed by atoms with Gasteiger partial charge in [0.25, 0.3) is 0 Å². The van der Waals surface area contributed by atoms with Crippen LogP contribution in [0.15, 0.2) is 47.4 Å². The van der Waals surface area contributed by atoms with E-state index in [0.717, 1.165) is 29.7 Å². The summed E-state index contributed by atoms with van der Waals surface area (Å²) >= 11 is 0. The summed E-state index contributed by atoms with van der Waals surface area (Å²) in [5.74, 6) is 0.950. The van der Waals surface area contributed by atoms with Gasteiger partial charge in [-0.1, -0.05) is 29.8 Å². The molecule has 5 nitrogen and oxygen atoms in total. The number of nitrogens with zero attached hydrogens (tertiary/aromatic N) is 1. The van der Waals surface area contributed by atoms with Crippen LogP contribution in [0.2, 0.25) is 0 Å². The van der Waals surface area contributed by atoms with Gasteiger partial charge >= 0.3 is 0 Å². The van der Waals surface area contributed by atoms with E-state index in [0.29, 0.717) is 37.4 Å². The monoisotopic (exact) mass is 459 g/mol. The van der Waals surface area contributed by atoms with Crippen molar-refractivity contribution in [1.82, 2.24) is 4.31 Å². The number of rotatable bonds is 9. The molecule has 1 heterocycles. The summed E-state index contributed by atoms with van der Waals surface area (Å²) in [5, 5.41) is 0. The van der Waals surface area contributed by atoms with Gasteiger partial charge in [-0.25, -0.2) is 8.42 Å². The van der Waals surface area contributed by atoms with Crippen LogP contribution in [0.1, 0.15) is 56.2 Å². The molecule has 2 aromatic carbocycles. The van der Waals surface area contributed by atoms with Gasteiger partial charge in [0.05, 0.1) is 23.2 Å². The fourth-order valence-corrected chi connectivity index (χ4v) is 5.57. The third kappa shape index (κ3) is 6.56. The molecule has 1 fully saturated rings. The van der Waals surface area contributed by atoms with Crippen LogP contribution in [0.5, 0.6) is 5.75 Å². The Morgan fingerprint density at radius 1 is 0.969 bits per heavy atom. The standard InChI is InChI=1S/C26H37NO4S/c1-20-8-11-24(12-9-20)32(28,29)27-16-13-23(14-17-27)31-26(4,5)15-6-18-30-25-19-21(2)7-10-22(25)3/h7-12,19,23H,6,13-18H2,1-5H3. The molecular formula is C26H37NO4S. The van der Waals surface area contributed by atoms with Crippen molar-refractivity contribution in [1.29, 1.82) is 0 Å². The molecule has 0 atom stereocenters. The third-order valence-electron chi connectivity index (χ3n) is 6.07. The first-order chi connectivity index (χ1) is 15.1. The van der Waals surface area contributed by atoms with Gasteiger partial charge in [-0.05, 0) is 89.6 Å². The van der Waals surface area contributed by atoms with E-state index in [-0.39, 0.29) is 11.7 Å². The molecule has 0 N–H and O–H groups in total. The van der Waals surface area contributed by atoms with E-state index in [1.54, 1.807) is 16.4 Å². The van der Waals surface area contributed by atoms with E-state index in [1.807, 2.05) is 19.1 Å². The zero-order valence-electron chi connectivity index (χ0n) is 20.1. The van der Waals surface area contributed by atoms with E-state index in [1.165, 1.54) is 5.56 Å². The SMILES string of the molecule is Cc1ccc(S(=O)(=O)N2CCC(OC(C)(C)CCCOc3cc(C)ccc3C)CC2)cc1. The van der Waals surface area contributed by atoms with Crippen molar-refractivity contribution in [2.24, 2.45) is 0 Å². The van der Waals surface area contributed by atoms with Crippen molar-refractivity contribution < 1.29 is 17.9 Å². The normalized spacial score (nSPS) is 16.3. The van der Waals surface area contributed by atoms with E-state index in [9.17, 15) is 8.42 Å². The van der Waals surface area contributed by atoms with Gasteiger partial charge in [0, 0.05) is 13.1 Å². The summed E-state index contributed by atoms with van der Waals surface area (Å²) in [5.41, 5.74) is 3.13. The molecule has 32 heavy (non-hydrogen) atoms. The fraction of sp³-hybridized carbons (Fsp3) is 0.538. The largest absolute Gasteiger partial charge is 0.493 e. The first kappa shape index (κ1) is 24.7. The zero-order valence-corrected chi connectivity index (χ0v) is 20.9. The summed E-state index contributed by atoms with van der Waals surface area (Å²) in [6.07, 6.45) is 3.30. The van der Waals surface area contributed by atoms with Crippen molar-refractivity contribution in [2.45, 2.75) is 76.9 Å². The number of sulfonamides is 1. The van der Waals surface area contributed by atoms with E-state index < -0.39 is 10.0 Å². The summed E-state index contributed by atoms with van der Waals surface area (Å²) in [6.45, 7) is 12.0. The van der Waals surface area contributed by atoms with Crippen LogP contribution in [0, 0.1) is 20.8 Å². The first-order valence-electron chi connectivity index (χ1n) is 11.5. The second-order valence-corrected chi connectivity index (χ2v) is 11.5. The minimum absolute atomic E-state index is 0.0782. The minimum Gasteiger partial charge on any atom is -0.493 e. The molecule has 0 radical (unpaired) electrons. The molecular weight excluding hydrogens is 422 g/mol. The molecule has 176 valence electrons. The Bertz CT molecular complexity index is 991. The van der Waals surface area contributed by atoms with E-state index in [2.05, 4.69) is 45.9 Å². The minimum atomic E-state index is -3.44. The summed E-state index contributed by atoms with van der Waals surface area (Å²) < 4.78 is 39.7. The molecule has 0 amide bonds. The van der Waals surface area contributed by atoms with Gasteiger partial charge in [0.15, 0.2) is 0 Å². The summed E-state index contributed by atoms with van der Waals surface area (Å²) in [4.78, 5) is 0.367. The smallest absolute Gasteiger partial charge is 0.243 e. The molecule has 0 aromatic heterocycles. The predicted molar refractivity (Wildman–Crippen MR) is 129 cm³/mol. The Balaban J connectivity index is 1.44. The second kappa shape index (κ2) is 10.4. The number of benzene rings is 2. The lowest BCUT2D eigenvalue weighted by Gasteiger charge is -2.36.